The van der Waals surface area contributed by atoms with Crippen molar-refractivity contribution in [2.75, 3.05) is 23.8 Å². The number of aryl methyl sites for hydroxylation is 4. The number of carbonyl (C=O) groups is 1. The Hall–Kier alpha value is -2.74. The van der Waals surface area contributed by atoms with Crippen molar-refractivity contribution in [3.05, 3.63) is 50.9 Å². The summed E-state index contributed by atoms with van der Waals surface area (Å²) in [6, 6.07) is 5.62. The zero-order valence-corrected chi connectivity index (χ0v) is 17.7. The fourth-order valence-electron chi connectivity index (χ4n) is 3.22. The number of rotatable bonds is 6. The lowest BCUT2D eigenvalue weighted by Gasteiger charge is -2.17. The predicted octanol–water partition coefficient (Wildman–Crippen LogP) is 3.10. The number of hydrogen-bond acceptors (Lipinski definition) is 6. The first kappa shape index (κ1) is 20.0. The van der Waals surface area contributed by atoms with Crippen LogP contribution in [0, 0.1) is 20.8 Å². The third-order valence-corrected chi connectivity index (χ3v) is 5.47. The van der Waals surface area contributed by atoms with Crippen molar-refractivity contribution in [3.63, 3.8) is 0 Å². The molecule has 2 aromatic heterocycles. The average Bonchev–Trinajstić information content (AvgIpc) is 3.03. The molecular formula is C20H25N5O2S. The fourth-order valence-corrected chi connectivity index (χ4v) is 4.11. The van der Waals surface area contributed by atoms with Crippen LogP contribution in [-0.4, -0.2) is 34.1 Å². The number of likely N-dealkylation sites (N-methyl/N-ethyl adjacent to an activating group) is 1. The summed E-state index contributed by atoms with van der Waals surface area (Å²) in [6.45, 7) is 8.18. The molecule has 1 N–H and O–H groups in total. The number of anilines is 2. The minimum atomic E-state index is -0.195. The maximum absolute atomic E-state index is 12.5. The Morgan fingerprint density at radius 2 is 1.89 bits per heavy atom. The quantitative estimate of drug-likeness (QED) is 0.689. The van der Waals surface area contributed by atoms with E-state index >= 15 is 0 Å². The number of aromatic nitrogens is 3. The Labute approximate surface area is 168 Å². The van der Waals surface area contributed by atoms with Crippen LogP contribution in [0.5, 0.6) is 0 Å². The zero-order chi connectivity index (χ0) is 20.4. The second-order valence-corrected chi connectivity index (χ2v) is 8.03. The van der Waals surface area contributed by atoms with Crippen molar-refractivity contribution < 1.29 is 4.79 Å². The first-order valence-electron chi connectivity index (χ1n) is 9.27. The van der Waals surface area contributed by atoms with Crippen molar-refractivity contribution in [2.45, 2.75) is 40.5 Å². The van der Waals surface area contributed by atoms with Crippen LogP contribution in [0.15, 0.2) is 23.0 Å². The summed E-state index contributed by atoms with van der Waals surface area (Å²) in [6.07, 6.45) is 1.68. The molecule has 0 saturated carbocycles. The highest BCUT2D eigenvalue weighted by Crippen LogP contribution is 2.23. The van der Waals surface area contributed by atoms with Gasteiger partial charge in [-0.2, -0.15) is 4.52 Å². The number of nitrogens with zero attached hydrogens (tertiary/aromatic N) is 4. The van der Waals surface area contributed by atoms with E-state index in [-0.39, 0.29) is 18.0 Å². The van der Waals surface area contributed by atoms with Crippen molar-refractivity contribution >= 4 is 33.0 Å². The third kappa shape index (κ3) is 4.22. The summed E-state index contributed by atoms with van der Waals surface area (Å²) in [5.74, 6) is -0.135. The number of carbonyl (C=O) groups excluding carboxylic acids is 1. The van der Waals surface area contributed by atoms with Gasteiger partial charge in [-0.15, -0.1) is 5.10 Å². The topological polar surface area (TPSA) is 79.6 Å². The molecule has 8 heteroatoms. The molecule has 0 bridgehead atoms. The SMILES string of the molecule is CCCc1cc(=O)n2nc(N(C)CC(=O)Nc3c(C)cc(C)cc3C)sc2n1. The van der Waals surface area contributed by atoms with Crippen LogP contribution in [0.4, 0.5) is 10.8 Å². The van der Waals surface area contributed by atoms with Gasteiger partial charge in [0, 0.05) is 24.5 Å². The van der Waals surface area contributed by atoms with E-state index in [1.807, 2.05) is 39.8 Å². The van der Waals surface area contributed by atoms with Gasteiger partial charge in [0.15, 0.2) is 0 Å². The van der Waals surface area contributed by atoms with Crippen LogP contribution in [0.25, 0.3) is 4.96 Å². The highest BCUT2D eigenvalue weighted by atomic mass is 32.1. The summed E-state index contributed by atoms with van der Waals surface area (Å²) in [7, 11) is 1.78. The lowest BCUT2D eigenvalue weighted by Crippen LogP contribution is -2.30. The summed E-state index contributed by atoms with van der Waals surface area (Å²) >= 11 is 1.30. The van der Waals surface area contributed by atoms with E-state index in [1.165, 1.54) is 27.5 Å². The van der Waals surface area contributed by atoms with E-state index in [2.05, 4.69) is 15.4 Å². The van der Waals surface area contributed by atoms with E-state index < -0.39 is 0 Å². The summed E-state index contributed by atoms with van der Waals surface area (Å²) in [5.41, 5.74) is 4.66. The summed E-state index contributed by atoms with van der Waals surface area (Å²) < 4.78 is 1.29. The van der Waals surface area contributed by atoms with Crippen LogP contribution < -0.4 is 15.8 Å². The molecule has 0 spiro atoms. The number of nitrogens with one attached hydrogen (secondary N) is 1. The molecule has 148 valence electrons. The van der Waals surface area contributed by atoms with Crippen LogP contribution >= 0.6 is 11.3 Å². The Balaban J connectivity index is 1.77. The molecule has 1 amide bonds. The molecule has 3 rings (SSSR count). The number of hydrogen-bond donors (Lipinski definition) is 1. The van der Waals surface area contributed by atoms with E-state index in [4.69, 9.17) is 0 Å². The van der Waals surface area contributed by atoms with E-state index in [1.54, 1.807) is 11.9 Å². The maximum Gasteiger partial charge on any atom is 0.275 e. The van der Waals surface area contributed by atoms with Gasteiger partial charge < -0.3 is 10.2 Å². The largest absolute Gasteiger partial charge is 0.340 e. The van der Waals surface area contributed by atoms with Crippen LogP contribution in [-0.2, 0) is 11.2 Å². The normalized spacial score (nSPS) is 11.0. The van der Waals surface area contributed by atoms with Gasteiger partial charge in [-0.3, -0.25) is 9.59 Å². The lowest BCUT2D eigenvalue weighted by molar-refractivity contribution is -0.114. The smallest absolute Gasteiger partial charge is 0.275 e. The van der Waals surface area contributed by atoms with Crippen molar-refractivity contribution in [3.8, 4) is 0 Å². The Kier molecular flexibility index (Phi) is 5.79. The minimum Gasteiger partial charge on any atom is -0.340 e. The van der Waals surface area contributed by atoms with Crippen LogP contribution in [0.1, 0.15) is 35.7 Å². The Morgan fingerprint density at radius 3 is 2.54 bits per heavy atom. The zero-order valence-electron chi connectivity index (χ0n) is 16.9. The standard InChI is InChI=1S/C20H25N5O2S/c1-6-7-15-10-17(27)25-19(21-15)28-20(23-25)24(5)11-16(26)22-18-13(3)8-12(2)9-14(18)4/h8-10H,6-7,11H2,1-5H3,(H,22,26). The molecule has 0 atom stereocenters. The molecule has 0 radical (unpaired) electrons. The maximum atomic E-state index is 12.5. The van der Waals surface area contributed by atoms with Crippen LogP contribution in [0.2, 0.25) is 0 Å². The van der Waals surface area contributed by atoms with Gasteiger partial charge in [0.2, 0.25) is 16.0 Å². The minimum absolute atomic E-state index is 0.128. The molecule has 2 heterocycles. The number of benzene rings is 1. The molecule has 28 heavy (non-hydrogen) atoms. The first-order valence-corrected chi connectivity index (χ1v) is 10.1. The van der Waals surface area contributed by atoms with Gasteiger partial charge >= 0.3 is 0 Å². The molecular weight excluding hydrogens is 374 g/mol. The van der Waals surface area contributed by atoms with Gasteiger partial charge in [0.25, 0.3) is 5.56 Å². The molecule has 0 fully saturated rings. The second-order valence-electron chi connectivity index (χ2n) is 7.09. The molecule has 0 aliphatic heterocycles. The van der Waals surface area contributed by atoms with E-state index in [0.29, 0.717) is 10.1 Å². The predicted molar refractivity (Wildman–Crippen MR) is 114 cm³/mol. The van der Waals surface area contributed by atoms with Gasteiger partial charge in [0.1, 0.15) is 0 Å². The Bertz CT molecular complexity index is 1060. The molecule has 3 aromatic rings. The molecule has 1 aromatic carbocycles. The highest BCUT2D eigenvalue weighted by Gasteiger charge is 2.16. The van der Waals surface area contributed by atoms with E-state index in [9.17, 15) is 9.59 Å². The van der Waals surface area contributed by atoms with Gasteiger partial charge in [-0.25, -0.2) is 4.98 Å². The molecule has 0 aliphatic carbocycles. The van der Waals surface area contributed by atoms with Gasteiger partial charge in [0.05, 0.1) is 6.54 Å². The molecule has 0 unspecified atom stereocenters. The number of fused-ring (bicyclic) bond motifs is 1. The molecule has 0 saturated heterocycles. The summed E-state index contributed by atoms with van der Waals surface area (Å²) in [4.78, 5) is 31.6. The lowest BCUT2D eigenvalue weighted by atomic mass is 10.1. The third-order valence-electron chi connectivity index (χ3n) is 4.44. The molecule has 0 aliphatic rings. The van der Waals surface area contributed by atoms with Crippen molar-refractivity contribution in [1.82, 2.24) is 14.6 Å². The average molecular weight is 400 g/mol. The summed E-state index contributed by atoms with van der Waals surface area (Å²) in [5, 5.41) is 7.89. The van der Waals surface area contributed by atoms with E-state index in [0.717, 1.165) is 35.3 Å². The monoisotopic (exact) mass is 399 g/mol. The van der Waals surface area contributed by atoms with Gasteiger partial charge in [-0.1, -0.05) is 42.4 Å². The Morgan fingerprint density at radius 1 is 1.21 bits per heavy atom. The number of amides is 1. The molecule has 7 nitrogen and oxygen atoms in total. The van der Waals surface area contributed by atoms with Crippen LogP contribution in [0.3, 0.4) is 0 Å². The first-order chi connectivity index (χ1) is 13.3. The van der Waals surface area contributed by atoms with Gasteiger partial charge in [-0.05, 0) is 38.3 Å². The second kappa shape index (κ2) is 8.10. The van der Waals surface area contributed by atoms with Crippen molar-refractivity contribution in [2.24, 2.45) is 0 Å². The van der Waals surface area contributed by atoms with Crippen molar-refractivity contribution in [1.29, 1.82) is 0 Å². The fraction of sp³-hybridized carbons (Fsp3) is 0.400. The highest BCUT2D eigenvalue weighted by molar-refractivity contribution is 7.20.